The van der Waals surface area contributed by atoms with Gasteiger partial charge in [0.2, 0.25) is 0 Å². The van der Waals surface area contributed by atoms with Gasteiger partial charge in [-0.15, -0.1) is 0 Å². The lowest BCUT2D eigenvalue weighted by molar-refractivity contribution is 0.0410. The van der Waals surface area contributed by atoms with Gasteiger partial charge in [-0.3, -0.25) is 4.90 Å². The van der Waals surface area contributed by atoms with Gasteiger partial charge in [-0.2, -0.15) is 0 Å². The molecule has 88 valence electrons. The van der Waals surface area contributed by atoms with Crippen LogP contribution >= 0.6 is 11.8 Å². The second kappa shape index (κ2) is 6.18. The first-order valence-electron chi connectivity index (χ1n) is 5.57. The Kier molecular flexibility index (Phi) is 4.56. The number of hydrogen-bond donors (Lipinski definition) is 0. The lowest BCUT2D eigenvalue weighted by Gasteiger charge is -2.26. The third kappa shape index (κ3) is 3.73. The van der Waals surface area contributed by atoms with Crippen molar-refractivity contribution in [1.29, 1.82) is 0 Å². The van der Waals surface area contributed by atoms with E-state index in [2.05, 4.69) is 14.9 Å². The molecule has 4 nitrogen and oxygen atoms in total. The molecular weight excluding hydrogens is 222 g/mol. The van der Waals surface area contributed by atoms with Crippen molar-refractivity contribution >= 4 is 11.8 Å². The highest BCUT2D eigenvalue weighted by Crippen LogP contribution is 2.12. The molecule has 0 amide bonds. The van der Waals surface area contributed by atoms with Crippen LogP contribution in [0.3, 0.4) is 0 Å². The lowest BCUT2D eigenvalue weighted by atomic mass is 10.4. The fraction of sp³-hybridized carbons (Fsp3) is 0.636. The van der Waals surface area contributed by atoms with Gasteiger partial charge in [0.15, 0.2) is 5.16 Å². The minimum absolute atomic E-state index is 0.867. The molecule has 0 bridgehead atoms. The average Bonchev–Trinajstić information content (AvgIpc) is 2.30. The molecule has 1 aliphatic heterocycles. The normalized spacial score (nSPS) is 17.6. The Balaban J connectivity index is 1.71. The summed E-state index contributed by atoms with van der Waals surface area (Å²) < 4.78 is 5.31. The van der Waals surface area contributed by atoms with Crippen LogP contribution in [0.4, 0.5) is 0 Å². The first-order valence-corrected chi connectivity index (χ1v) is 6.56. The van der Waals surface area contributed by atoms with Crippen molar-refractivity contribution in [1.82, 2.24) is 14.9 Å². The summed E-state index contributed by atoms with van der Waals surface area (Å²) in [6, 6.07) is 1.92. The number of aryl methyl sites for hydroxylation is 1. The Bertz CT molecular complexity index is 329. The second-order valence-corrected chi connectivity index (χ2v) is 4.85. The van der Waals surface area contributed by atoms with Crippen LogP contribution in [-0.2, 0) is 4.74 Å². The number of thioether (sulfide) groups is 1. The van der Waals surface area contributed by atoms with Crippen LogP contribution in [0.15, 0.2) is 17.4 Å². The lowest BCUT2D eigenvalue weighted by Crippen LogP contribution is -2.37. The van der Waals surface area contributed by atoms with E-state index in [4.69, 9.17) is 4.74 Å². The molecule has 1 aromatic rings. The number of aromatic nitrogens is 2. The number of ether oxygens (including phenoxy) is 1. The van der Waals surface area contributed by atoms with Crippen molar-refractivity contribution in [3.63, 3.8) is 0 Å². The SMILES string of the molecule is Cc1ccnc(SCCN2CCOCC2)n1. The van der Waals surface area contributed by atoms with E-state index >= 15 is 0 Å². The van der Waals surface area contributed by atoms with Crippen LogP contribution in [0.25, 0.3) is 0 Å². The van der Waals surface area contributed by atoms with E-state index < -0.39 is 0 Å². The van der Waals surface area contributed by atoms with Crippen LogP contribution in [0.2, 0.25) is 0 Å². The molecule has 0 N–H and O–H groups in total. The Morgan fingerprint density at radius 3 is 3.00 bits per heavy atom. The summed E-state index contributed by atoms with van der Waals surface area (Å²) in [4.78, 5) is 11.0. The van der Waals surface area contributed by atoms with Crippen molar-refractivity contribution in [2.45, 2.75) is 12.1 Å². The highest BCUT2D eigenvalue weighted by atomic mass is 32.2. The fourth-order valence-electron chi connectivity index (χ4n) is 1.59. The number of nitrogens with zero attached hydrogens (tertiary/aromatic N) is 3. The standard InChI is InChI=1S/C11H17N3OS/c1-10-2-3-12-11(13-10)16-9-6-14-4-7-15-8-5-14/h2-3H,4-9H2,1H3. The Hall–Kier alpha value is -0.650. The minimum Gasteiger partial charge on any atom is -0.379 e. The maximum absolute atomic E-state index is 5.31. The van der Waals surface area contributed by atoms with E-state index in [-0.39, 0.29) is 0 Å². The van der Waals surface area contributed by atoms with Crippen molar-refractivity contribution in [2.75, 3.05) is 38.6 Å². The van der Waals surface area contributed by atoms with Gasteiger partial charge in [-0.1, -0.05) is 11.8 Å². The van der Waals surface area contributed by atoms with E-state index in [9.17, 15) is 0 Å². The van der Waals surface area contributed by atoms with Crippen molar-refractivity contribution < 1.29 is 4.74 Å². The molecule has 1 aromatic heterocycles. The van der Waals surface area contributed by atoms with Crippen molar-refractivity contribution in [3.05, 3.63) is 18.0 Å². The fourth-order valence-corrected chi connectivity index (χ4v) is 2.46. The molecule has 1 saturated heterocycles. The molecule has 2 rings (SSSR count). The Morgan fingerprint density at radius 2 is 2.25 bits per heavy atom. The van der Waals surface area contributed by atoms with E-state index in [0.717, 1.165) is 49.5 Å². The maximum atomic E-state index is 5.31. The molecule has 16 heavy (non-hydrogen) atoms. The molecule has 0 spiro atoms. The van der Waals surface area contributed by atoms with Crippen LogP contribution in [0.5, 0.6) is 0 Å². The molecule has 0 unspecified atom stereocenters. The highest BCUT2D eigenvalue weighted by molar-refractivity contribution is 7.99. The molecule has 0 atom stereocenters. The van der Waals surface area contributed by atoms with Gasteiger partial charge >= 0.3 is 0 Å². The van der Waals surface area contributed by atoms with Crippen molar-refractivity contribution in [3.8, 4) is 0 Å². The first kappa shape index (κ1) is 11.8. The van der Waals surface area contributed by atoms with Crippen LogP contribution in [-0.4, -0.2) is 53.5 Å². The number of hydrogen-bond acceptors (Lipinski definition) is 5. The summed E-state index contributed by atoms with van der Waals surface area (Å²) in [5, 5.41) is 0.883. The second-order valence-electron chi connectivity index (χ2n) is 3.78. The van der Waals surface area contributed by atoms with Gasteiger partial charge in [-0.05, 0) is 13.0 Å². The molecule has 0 aromatic carbocycles. The summed E-state index contributed by atoms with van der Waals surface area (Å²) in [5.74, 6) is 1.05. The summed E-state index contributed by atoms with van der Waals surface area (Å²) in [6.07, 6.45) is 1.82. The predicted octanol–water partition coefficient (Wildman–Crippen LogP) is 1.21. The van der Waals surface area contributed by atoms with Crippen LogP contribution < -0.4 is 0 Å². The molecule has 5 heteroatoms. The molecule has 0 radical (unpaired) electrons. The minimum atomic E-state index is 0.867. The summed E-state index contributed by atoms with van der Waals surface area (Å²) in [6.45, 7) is 6.92. The molecule has 0 saturated carbocycles. The monoisotopic (exact) mass is 239 g/mol. The zero-order chi connectivity index (χ0) is 11.2. The summed E-state index contributed by atoms with van der Waals surface area (Å²) in [7, 11) is 0. The predicted molar refractivity (Wildman–Crippen MR) is 64.8 cm³/mol. The van der Waals surface area contributed by atoms with Crippen molar-refractivity contribution in [2.24, 2.45) is 0 Å². The smallest absolute Gasteiger partial charge is 0.187 e. The third-order valence-electron chi connectivity index (χ3n) is 2.52. The summed E-state index contributed by atoms with van der Waals surface area (Å²) in [5.41, 5.74) is 1.03. The molecule has 2 heterocycles. The van der Waals surface area contributed by atoms with Gasteiger partial charge in [0.25, 0.3) is 0 Å². The third-order valence-corrected chi connectivity index (χ3v) is 3.36. The molecule has 1 fully saturated rings. The Morgan fingerprint density at radius 1 is 1.44 bits per heavy atom. The summed E-state index contributed by atoms with van der Waals surface area (Å²) >= 11 is 1.72. The zero-order valence-electron chi connectivity index (χ0n) is 9.56. The van der Waals surface area contributed by atoms with Crippen LogP contribution in [0, 0.1) is 6.92 Å². The molecule has 0 aliphatic carbocycles. The maximum Gasteiger partial charge on any atom is 0.187 e. The topological polar surface area (TPSA) is 38.2 Å². The quantitative estimate of drug-likeness (QED) is 0.583. The zero-order valence-corrected chi connectivity index (χ0v) is 10.4. The van der Waals surface area contributed by atoms with Gasteiger partial charge in [0, 0.05) is 37.3 Å². The first-order chi connectivity index (χ1) is 7.84. The largest absolute Gasteiger partial charge is 0.379 e. The van der Waals surface area contributed by atoms with E-state index in [1.807, 2.05) is 19.2 Å². The van der Waals surface area contributed by atoms with Gasteiger partial charge in [0.05, 0.1) is 13.2 Å². The van der Waals surface area contributed by atoms with E-state index in [1.165, 1.54) is 0 Å². The van der Waals surface area contributed by atoms with E-state index in [1.54, 1.807) is 11.8 Å². The van der Waals surface area contributed by atoms with E-state index in [0.29, 0.717) is 0 Å². The average molecular weight is 239 g/mol. The van der Waals surface area contributed by atoms with Gasteiger partial charge < -0.3 is 4.74 Å². The van der Waals surface area contributed by atoms with Crippen LogP contribution in [0.1, 0.15) is 5.69 Å². The van der Waals surface area contributed by atoms with Gasteiger partial charge in [0.1, 0.15) is 0 Å². The molecule has 1 aliphatic rings. The highest BCUT2D eigenvalue weighted by Gasteiger charge is 2.09. The Labute approximate surface area is 100 Å². The van der Waals surface area contributed by atoms with Gasteiger partial charge in [-0.25, -0.2) is 9.97 Å². The molecular formula is C11H17N3OS. The number of morpholine rings is 1. The number of rotatable bonds is 4.